The quantitative estimate of drug-likeness (QED) is 0.743. The summed E-state index contributed by atoms with van der Waals surface area (Å²) in [4.78, 5) is 0.440. The van der Waals surface area contributed by atoms with E-state index in [2.05, 4.69) is 60.2 Å². The van der Waals surface area contributed by atoms with Gasteiger partial charge in [0.05, 0.1) is 0 Å². The number of rotatable bonds is 3. The summed E-state index contributed by atoms with van der Waals surface area (Å²) in [5, 5.41) is 1.21. The molecule has 100 valence electrons. The maximum absolute atomic E-state index is 5.72. The van der Waals surface area contributed by atoms with Crippen molar-refractivity contribution in [1.82, 2.24) is 4.57 Å². The van der Waals surface area contributed by atoms with Gasteiger partial charge in [0.25, 0.3) is 0 Å². The number of hydrogen-bond acceptors (Lipinski definition) is 1. The third kappa shape index (κ3) is 2.45. The van der Waals surface area contributed by atoms with Crippen LogP contribution in [0.4, 0.5) is 0 Å². The second-order valence-corrected chi connectivity index (χ2v) is 5.51. The number of fused-ring (bicyclic) bond motifs is 1. The van der Waals surface area contributed by atoms with E-state index in [4.69, 9.17) is 18.0 Å². The summed E-state index contributed by atoms with van der Waals surface area (Å²) in [5.41, 5.74) is 10.4. The molecule has 0 amide bonds. The number of aryl methyl sites for hydroxylation is 1. The van der Waals surface area contributed by atoms with Crippen molar-refractivity contribution < 1.29 is 0 Å². The molecule has 2 aromatic carbocycles. The van der Waals surface area contributed by atoms with Crippen LogP contribution in [0.2, 0.25) is 0 Å². The molecule has 0 aliphatic heterocycles. The Labute approximate surface area is 123 Å². The second-order valence-electron chi connectivity index (χ2n) is 5.07. The summed E-state index contributed by atoms with van der Waals surface area (Å²) in [6.45, 7) is 2.95. The van der Waals surface area contributed by atoms with E-state index >= 15 is 0 Å². The molecule has 0 spiro atoms. The predicted octanol–water partition coefficient (Wildman–Crippen LogP) is 3.63. The highest BCUT2D eigenvalue weighted by molar-refractivity contribution is 7.80. The van der Waals surface area contributed by atoms with Crippen molar-refractivity contribution in [2.45, 2.75) is 13.5 Å². The van der Waals surface area contributed by atoms with Gasteiger partial charge in [0, 0.05) is 23.8 Å². The third-order valence-corrected chi connectivity index (χ3v) is 3.77. The van der Waals surface area contributed by atoms with Crippen LogP contribution in [0.15, 0.2) is 54.7 Å². The Morgan fingerprint density at radius 1 is 1.10 bits per heavy atom. The predicted molar refractivity (Wildman–Crippen MR) is 88.1 cm³/mol. The summed E-state index contributed by atoms with van der Waals surface area (Å²) >= 11 is 5.05. The lowest BCUT2D eigenvalue weighted by Crippen LogP contribution is -2.09. The molecule has 3 rings (SSSR count). The Morgan fingerprint density at radius 2 is 1.85 bits per heavy atom. The summed E-state index contributed by atoms with van der Waals surface area (Å²) < 4.78 is 2.22. The van der Waals surface area contributed by atoms with E-state index in [1.807, 2.05) is 6.07 Å². The highest BCUT2D eigenvalue weighted by atomic mass is 32.1. The summed E-state index contributed by atoms with van der Waals surface area (Å²) in [6, 6.07) is 16.8. The van der Waals surface area contributed by atoms with Gasteiger partial charge in [0.15, 0.2) is 0 Å². The molecule has 1 heterocycles. The minimum atomic E-state index is 0.440. The molecule has 0 bridgehead atoms. The number of thiocarbonyl (C=S) groups is 1. The van der Waals surface area contributed by atoms with Gasteiger partial charge in [-0.15, -0.1) is 0 Å². The zero-order chi connectivity index (χ0) is 14.1. The van der Waals surface area contributed by atoms with Crippen LogP contribution in [-0.2, 0) is 6.54 Å². The van der Waals surface area contributed by atoms with E-state index in [9.17, 15) is 0 Å². The van der Waals surface area contributed by atoms with Gasteiger partial charge in [-0.25, -0.2) is 0 Å². The van der Waals surface area contributed by atoms with Crippen molar-refractivity contribution in [3.63, 3.8) is 0 Å². The first-order valence-electron chi connectivity index (χ1n) is 6.58. The number of aromatic nitrogens is 1. The van der Waals surface area contributed by atoms with E-state index in [0.29, 0.717) is 4.99 Å². The van der Waals surface area contributed by atoms with E-state index in [1.165, 1.54) is 16.5 Å². The Balaban J connectivity index is 2.00. The Hall–Kier alpha value is -2.13. The molecule has 0 radical (unpaired) electrons. The van der Waals surface area contributed by atoms with E-state index < -0.39 is 0 Å². The van der Waals surface area contributed by atoms with Crippen LogP contribution >= 0.6 is 12.2 Å². The Kier molecular flexibility index (Phi) is 3.28. The maximum Gasteiger partial charge on any atom is 0.104 e. The first-order chi connectivity index (χ1) is 9.63. The van der Waals surface area contributed by atoms with Crippen LogP contribution in [0, 0.1) is 6.92 Å². The van der Waals surface area contributed by atoms with Crippen LogP contribution < -0.4 is 5.73 Å². The molecule has 0 aliphatic carbocycles. The summed E-state index contributed by atoms with van der Waals surface area (Å²) in [7, 11) is 0. The van der Waals surface area contributed by atoms with Gasteiger partial charge >= 0.3 is 0 Å². The standard InChI is InChI=1S/C17H16N2S/c1-12-2-4-13(5-3-12)11-19-9-8-14-6-7-15(17(18)20)10-16(14)19/h2-10H,11H2,1H3,(H2,18,20). The summed E-state index contributed by atoms with van der Waals surface area (Å²) in [6.07, 6.45) is 2.11. The molecule has 0 fully saturated rings. The number of benzene rings is 2. The fourth-order valence-corrected chi connectivity index (χ4v) is 2.49. The average molecular weight is 280 g/mol. The molecular formula is C17H16N2S. The fraction of sp³-hybridized carbons (Fsp3) is 0.118. The summed E-state index contributed by atoms with van der Waals surface area (Å²) in [5.74, 6) is 0. The van der Waals surface area contributed by atoms with E-state index in [1.54, 1.807) is 0 Å². The Bertz CT molecular complexity index is 769. The van der Waals surface area contributed by atoms with Crippen molar-refractivity contribution in [2.75, 3.05) is 0 Å². The molecule has 0 aliphatic rings. The van der Waals surface area contributed by atoms with Gasteiger partial charge in [0.1, 0.15) is 4.99 Å². The first-order valence-corrected chi connectivity index (χ1v) is 6.98. The van der Waals surface area contributed by atoms with Gasteiger partial charge in [-0.3, -0.25) is 0 Å². The monoisotopic (exact) mass is 280 g/mol. The number of nitrogens with zero attached hydrogens (tertiary/aromatic N) is 1. The van der Waals surface area contributed by atoms with Crippen molar-refractivity contribution in [1.29, 1.82) is 0 Å². The van der Waals surface area contributed by atoms with Gasteiger partial charge in [-0.05, 0) is 30.0 Å². The van der Waals surface area contributed by atoms with E-state index in [0.717, 1.165) is 17.6 Å². The van der Waals surface area contributed by atoms with Crippen molar-refractivity contribution >= 4 is 28.1 Å². The smallest absolute Gasteiger partial charge is 0.104 e. The molecule has 1 aromatic heterocycles. The maximum atomic E-state index is 5.72. The van der Waals surface area contributed by atoms with Crippen LogP contribution in [0.1, 0.15) is 16.7 Å². The molecular weight excluding hydrogens is 264 g/mol. The van der Waals surface area contributed by atoms with Crippen LogP contribution in [0.3, 0.4) is 0 Å². The second kappa shape index (κ2) is 5.10. The van der Waals surface area contributed by atoms with Crippen LogP contribution in [0.5, 0.6) is 0 Å². The molecule has 0 atom stereocenters. The molecule has 0 unspecified atom stereocenters. The van der Waals surface area contributed by atoms with Gasteiger partial charge < -0.3 is 10.3 Å². The zero-order valence-corrected chi connectivity index (χ0v) is 12.2. The molecule has 3 aromatic rings. The fourth-order valence-electron chi connectivity index (χ4n) is 2.37. The van der Waals surface area contributed by atoms with Crippen molar-refractivity contribution in [3.05, 3.63) is 71.4 Å². The van der Waals surface area contributed by atoms with Crippen molar-refractivity contribution in [3.8, 4) is 0 Å². The SMILES string of the molecule is Cc1ccc(Cn2ccc3ccc(C(N)=S)cc32)cc1. The normalized spacial score (nSPS) is 10.8. The first kappa shape index (κ1) is 12.9. The van der Waals surface area contributed by atoms with Crippen LogP contribution in [-0.4, -0.2) is 9.56 Å². The minimum absolute atomic E-state index is 0.440. The molecule has 2 nitrogen and oxygen atoms in total. The molecule has 20 heavy (non-hydrogen) atoms. The van der Waals surface area contributed by atoms with Crippen LogP contribution in [0.25, 0.3) is 10.9 Å². The third-order valence-electron chi connectivity index (χ3n) is 3.53. The lowest BCUT2D eigenvalue weighted by molar-refractivity contribution is 0.836. The average Bonchev–Trinajstić information content (AvgIpc) is 2.84. The lowest BCUT2D eigenvalue weighted by Gasteiger charge is -2.07. The van der Waals surface area contributed by atoms with Gasteiger partial charge in [-0.2, -0.15) is 0 Å². The number of hydrogen-bond donors (Lipinski definition) is 1. The molecule has 3 heteroatoms. The van der Waals surface area contributed by atoms with Crippen molar-refractivity contribution in [2.24, 2.45) is 5.73 Å². The van der Waals surface area contributed by atoms with E-state index in [-0.39, 0.29) is 0 Å². The zero-order valence-electron chi connectivity index (χ0n) is 11.3. The molecule has 0 saturated heterocycles. The topological polar surface area (TPSA) is 30.9 Å². The Morgan fingerprint density at radius 3 is 2.55 bits per heavy atom. The van der Waals surface area contributed by atoms with Gasteiger partial charge in [-0.1, -0.05) is 54.2 Å². The largest absolute Gasteiger partial charge is 0.389 e. The highest BCUT2D eigenvalue weighted by Gasteiger charge is 2.04. The lowest BCUT2D eigenvalue weighted by atomic mass is 10.1. The molecule has 0 saturated carbocycles. The van der Waals surface area contributed by atoms with Gasteiger partial charge in [0.2, 0.25) is 0 Å². The minimum Gasteiger partial charge on any atom is -0.389 e. The number of nitrogens with two attached hydrogens (primary N) is 1. The highest BCUT2D eigenvalue weighted by Crippen LogP contribution is 2.19. The molecule has 2 N–H and O–H groups in total.